The van der Waals surface area contributed by atoms with Crippen molar-refractivity contribution in [1.29, 1.82) is 0 Å². The van der Waals surface area contributed by atoms with Crippen molar-refractivity contribution in [2.75, 3.05) is 6.54 Å². The molecule has 0 bridgehead atoms. The van der Waals surface area contributed by atoms with Crippen LogP contribution in [0.4, 0.5) is 5.69 Å². The molecule has 0 saturated carbocycles. The molecule has 0 heterocycles. The largest absolute Gasteiger partial charge is 0.369 e. The first-order chi connectivity index (χ1) is 7.50. The van der Waals surface area contributed by atoms with Gasteiger partial charge in [0.1, 0.15) is 0 Å². The number of nitro groups is 1. The molecule has 0 fully saturated rings. The molecule has 0 atom stereocenters. The molecule has 0 radical (unpaired) electrons. The molecule has 0 saturated heterocycles. The Bertz CT molecular complexity index is 422. The summed E-state index contributed by atoms with van der Waals surface area (Å²) >= 11 is 5.83. The van der Waals surface area contributed by atoms with Crippen LogP contribution in [0.25, 0.3) is 0 Å². The first kappa shape index (κ1) is 12.4. The third-order valence-electron chi connectivity index (χ3n) is 1.86. The van der Waals surface area contributed by atoms with Crippen LogP contribution in [0, 0.1) is 10.1 Å². The Morgan fingerprint density at radius 3 is 2.75 bits per heavy atom. The molecular formula is C9H10ClN3O3. The lowest BCUT2D eigenvalue weighted by molar-refractivity contribution is -0.384. The smallest absolute Gasteiger partial charge is 0.270 e. The molecule has 1 aromatic carbocycles. The summed E-state index contributed by atoms with van der Waals surface area (Å²) in [7, 11) is 0. The van der Waals surface area contributed by atoms with Crippen LogP contribution in [-0.4, -0.2) is 17.4 Å². The fourth-order valence-corrected chi connectivity index (χ4v) is 1.36. The zero-order valence-corrected chi connectivity index (χ0v) is 9.03. The van der Waals surface area contributed by atoms with E-state index in [1.807, 2.05) is 0 Å². The van der Waals surface area contributed by atoms with Crippen LogP contribution in [0.3, 0.4) is 0 Å². The molecule has 86 valence electrons. The average molecular weight is 244 g/mol. The van der Waals surface area contributed by atoms with Crippen molar-refractivity contribution in [3.63, 3.8) is 0 Å². The van der Waals surface area contributed by atoms with Gasteiger partial charge in [0.2, 0.25) is 5.91 Å². The summed E-state index contributed by atoms with van der Waals surface area (Å²) in [4.78, 5) is 20.4. The minimum atomic E-state index is -0.521. The average Bonchev–Trinajstić information content (AvgIpc) is 2.19. The number of nitrogens with one attached hydrogen (secondary N) is 1. The van der Waals surface area contributed by atoms with Crippen molar-refractivity contribution in [3.8, 4) is 0 Å². The summed E-state index contributed by atoms with van der Waals surface area (Å²) in [6.07, 6.45) is 0. The lowest BCUT2D eigenvalue weighted by Crippen LogP contribution is -2.28. The predicted molar refractivity (Wildman–Crippen MR) is 59.0 cm³/mol. The van der Waals surface area contributed by atoms with Crippen LogP contribution in [0.1, 0.15) is 5.56 Å². The van der Waals surface area contributed by atoms with Gasteiger partial charge in [0, 0.05) is 18.7 Å². The Morgan fingerprint density at radius 2 is 2.25 bits per heavy atom. The molecule has 1 rings (SSSR count). The first-order valence-corrected chi connectivity index (χ1v) is 4.80. The van der Waals surface area contributed by atoms with Crippen molar-refractivity contribution < 1.29 is 9.72 Å². The van der Waals surface area contributed by atoms with E-state index in [1.165, 1.54) is 18.2 Å². The van der Waals surface area contributed by atoms with E-state index in [1.54, 1.807) is 0 Å². The van der Waals surface area contributed by atoms with Crippen LogP contribution in [0.2, 0.25) is 5.02 Å². The van der Waals surface area contributed by atoms with Gasteiger partial charge in [-0.1, -0.05) is 11.6 Å². The Kier molecular flexibility index (Phi) is 4.21. The van der Waals surface area contributed by atoms with Crippen LogP contribution in [0.5, 0.6) is 0 Å². The second kappa shape index (κ2) is 5.43. The molecule has 1 aromatic rings. The van der Waals surface area contributed by atoms with Gasteiger partial charge in [-0.2, -0.15) is 0 Å². The number of nitrogens with two attached hydrogens (primary N) is 1. The summed E-state index contributed by atoms with van der Waals surface area (Å²) < 4.78 is 0. The van der Waals surface area contributed by atoms with Gasteiger partial charge in [-0.3, -0.25) is 14.9 Å². The number of primary amides is 1. The first-order valence-electron chi connectivity index (χ1n) is 4.42. The van der Waals surface area contributed by atoms with E-state index in [-0.39, 0.29) is 17.3 Å². The van der Waals surface area contributed by atoms with Crippen molar-refractivity contribution in [3.05, 3.63) is 38.9 Å². The van der Waals surface area contributed by atoms with E-state index in [2.05, 4.69) is 5.32 Å². The van der Waals surface area contributed by atoms with Crippen LogP contribution >= 0.6 is 11.6 Å². The Hall–Kier alpha value is -1.66. The second-order valence-electron chi connectivity index (χ2n) is 3.10. The quantitative estimate of drug-likeness (QED) is 0.591. The maximum Gasteiger partial charge on any atom is 0.270 e. The summed E-state index contributed by atoms with van der Waals surface area (Å²) in [5.74, 6) is -0.474. The van der Waals surface area contributed by atoms with Crippen molar-refractivity contribution in [2.45, 2.75) is 6.54 Å². The number of nitro benzene ring substituents is 1. The standard InChI is InChI=1S/C9H10ClN3O3/c10-8-3-7(13(15)16)2-1-6(8)4-12-5-9(11)14/h1-3,12H,4-5H2,(H2,11,14). The fraction of sp³-hybridized carbons (Fsp3) is 0.222. The fourth-order valence-electron chi connectivity index (χ4n) is 1.11. The molecule has 0 aliphatic heterocycles. The van der Waals surface area contributed by atoms with Crippen LogP contribution in [-0.2, 0) is 11.3 Å². The normalized spacial score (nSPS) is 10.1. The van der Waals surface area contributed by atoms with Gasteiger partial charge in [-0.15, -0.1) is 0 Å². The summed E-state index contributed by atoms with van der Waals surface area (Å²) in [6.45, 7) is 0.368. The van der Waals surface area contributed by atoms with E-state index in [9.17, 15) is 14.9 Å². The Morgan fingerprint density at radius 1 is 1.56 bits per heavy atom. The topological polar surface area (TPSA) is 98.3 Å². The molecule has 3 N–H and O–H groups in total. The molecule has 0 unspecified atom stereocenters. The highest BCUT2D eigenvalue weighted by atomic mass is 35.5. The van der Waals surface area contributed by atoms with Crippen molar-refractivity contribution >= 4 is 23.2 Å². The number of benzene rings is 1. The van der Waals surface area contributed by atoms with Crippen LogP contribution < -0.4 is 11.1 Å². The predicted octanol–water partition coefficient (Wildman–Crippen LogP) is 0.823. The highest BCUT2D eigenvalue weighted by Crippen LogP contribution is 2.22. The number of carbonyl (C=O) groups is 1. The van der Waals surface area contributed by atoms with Gasteiger partial charge < -0.3 is 11.1 Å². The maximum atomic E-state index is 10.5. The number of carbonyl (C=O) groups excluding carboxylic acids is 1. The van der Waals surface area contributed by atoms with Crippen molar-refractivity contribution in [1.82, 2.24) is 5.32 Å². The highest BCUT2D eigenvalue weighted by Gasteiger charge is 2.09. The molecule has 6 nitrogen and oxygen atoms in total. The van der Waals surface area contributed by atoms with Gasteiger partial charge >= 0.3 is 0 Å². The van der Waals surface area contributed by atoms with Gasteiger partial charge in [0.05, 0.1) is 16.5 Å². The number of halogens is 1. The minimum absolute atomic E-state index is 0.0350. The molecule has 1 amide bonds. The minimum Gasteiger partial charge on any atom is -0.369 e. The van der Waals surface area contributed by atoms with Gasteiger partial charge in [-0.05, 0) is 11.6 Å². The lowest BCUT2D eigenvalue weighted by atomic mass is 10.2. The number of rotatable bonds is 5. The summed E-state index contributed by atoms with van der Waals surface area (Å²) in [5.41, 5.74) is 5.54. The Labute approximate surface area is 96.5 Å². The van der Waals surface area contributed by atoms with E-state index < -0.39 is 10.8 Å². The van der Waals surface area contributed by atoms with Gasteiger partial charge in [0.15, 0.2) is 0 Å². The van der Waals surface area contributed by atoms with E-state index in [0.717, 1.165) is 0 Å². The van der Waals surface area contributed by atoms with Gasteiger partial charge in [0.25, 0.3) is 5.69 Å². The molecule has 0 aromatic heterocycles. The SMILES string of the molecule is NC(=O)CNCc1ccc([N+](=O)[O-])cc1Cl. The maximum absolute atomic E-state index is 10.5. The number of hydrogen-bond acceptors (Lipinski definition) is 4. The third kappa shape index (κ3) is 3.48. The number of non-ortho nitro benzene ring substituents is 1. The molecule has 0 aliphatic carbocycles. The number of nitrogens with zero attached hydrogens (tertiary/aromatic N) is 1. The summed E-state index contributed by atoms with van der Waals surface area (Å²) in [6, 6.07) is 4.16. The molecular weight excluding hydrogens is 234 g/mol. The molecule has 0 spiro atoms. The van der Waals surface area contributed by atoms with Crippen LogP contribution in [0.15, 0.2) is 18.2 Å². The lowest BCUT2D eigenvalue weighted by Gasteiger charge is -2.04. The Balaban J connectivity index is 2.68. The summed E-state index contributed by atoms with van der Waals surface area (Å²) in [5, 5.41) is 13.5. The van der Waals surface area contributed by atoms with Crippen molar-refractivity contribution in [2.24, 2.45) is 5.73 Å². The zero-order valence-electron chi connectivity index (χ0n) is 8.27. The molecule has 7 heteroatoms. The zero-order chi connectivity index (χ0) is 12.1. The number of amides is 1. The highest BCUT2D eigenvalue weighted by molar-refractivity contribution is 6.31. The second-order valence-corrected chi connectivity index (χ2v) is 3.51. The molecule has 0 aliphatic rings. The van der Waals surface area contributed by atoms with Gasteiger partial charge in [-0.25, -0.2) is 0 Å². The number of hydrogen-bond donors (Lipinski definition) is 2. The van der Waals surface area contributed by atoms with E-state index >= 15 is 0 Å². The third-order valence-corrected chi connectivity index (χ3v) is 2.21. The van der Waals surface area contributed by atoms with E-state index in [0.29, 0.717) is 12.1 Å². The monoisotopic (exact) mass is 243 g/mol. The molecule has 16 heavy (non-hydrogen) atoms. The van der Waals surface area contributed by atoms with E-state index in [4.69, 9.17) is 17.3 Å².